The van der Waals surface area contributed by atoms with Crippen molar-refractivity contribution in [3.8, 4) is 0 Å². The fraction of sp³-hybridized carbons (Fsp3) is 0.417. The highest BCUT2D eigenvalue weighted by atomic mass is 32.1. The summed E-state index contributed by atoms with van der Waals surface area (Å²) >= 11 is 0.882. The van der Waals surface area contributed by atoms with E-state index in [4.69, 9.17) is 15.2 Å². The Labute approximate surface area is 196 Å². The Bertz CT molecular complexity index is 1100. The zero-order chi connectivity index (χ0) is 24.3. The van der Waals surface area contributed by atoms with Gasteiger partial charge in [0.1, 0.15) is 5.00 Å². The molecule has 2 amide bonds. The minimum atomic E-state index is -0.714. The lowest BCUT2D eigenvalue weighted by Gasteiger charge is -2.36. The maximum atomic E-state index is 12.8. The third-order valence-corrected chi connectivity index (χ3v) is 7.08. The number of nitrogens with one attached hydrogen (secondary N) is 1. The zero-order valence-electron chi connectivity index (χ0n) is 19.2. The third-order valence-electron chi connectivity index (χ3n) is 5.86. The Morgan fingerprint density at radius 1 is 1.18 bits per heavy atom. The summed E-state index contributed by atoms with van der Waals surface area (Å²) in [5.74, 6) is -2.93. The van der Waals surface area contributed by atoms with Crippen LogP contribution in [-0.2, 0) is 24.5 Å². The molecule has 1 aromatic carbocycles. The van der Waals surface area contributed by atoms with Crippen molar-refractivity contribution in [2.75, 3.05) is 18.5 Å². The van der Waals surface area contributed by atoms with Crippen molar-refractivity contribution >= 4 is 40.1 Å². The molecule has 1 atom stereocenters. The molecule has 0 bridgehead atoms. The van der Waals surface area contributed by atoms with Crippen LogP contribution in [-0.4, -0.2) is 37.0 Å². The van der Waals surface area contributed by atoms with E-state index >= 15 is 0 Å². The second-order valence-electron chi connectivity index (χ2n) is 8.56. The minimum Gasteiger partial charge on any atom is -0.462 e. The molecule has 2 aromatic rings. The molecule has 0 saturated carbocycles. The summed E-state index contributed by atoms with van der Waals surface area (Å²) in [6.45, 7) is 7.10. The summed E-state index contributed by atoms with van der Waals surface area (Å²) in [4.78, 5) is 49.5. The van der Waals surface area contributed by atoms with Gasteiger partial charge >= 0.3 is 11.9 Å². The molecule has 3 N–H and O–H groups in total. The highest BCUT2D eigenvalue weighted by Crippen LogP contribution is 2.42. The van der Waals surface area contributed by atoms with E-state index in [0.717, 1.165) is 28.9 Å². The highest BCUT2D eigenvalue weighted by Gasteiger charge is 2.36. The van der Waals surface area contributed by atoms with Crippen LogP contribution in [0.5, 0.6) is 0 Å². The Hall–Kier alpha value is -3.20. The Balaban J connectivity index is 1.71. The lowest BCUT2D eigenvalue weighted by atomic mass is 9.69. The smallest absolute Gasteiger partial charge is 0.341 e. The van der Waals surface area contributed by atoms with Gasteiger partial charge in [-0.05, 0) is 48.8 Å². The number of amides is 2. The number of carbonyl (C=O) groups excluding carboxylic acids is 4. The molecule has 1 aliphatic rings. The van der Waals surface area contributed by atoms with Crippen LogP contribution in [0, 0.1) is 6.92 Å². The third kappa shape index (κ3) is 5.08. The number of benzene rings is 1. The first-order valence-electron chi connectivity index (χ1n) is 10.7. The van der Waals surface area contributed by atoms with Gasteiger partial charge in [0.2, 0.25) is 0 Å². The number of primary amides is 1. The zero-order valence-corrected chi connectivity index (χ0v) is 20.0. The lowest BCUT2D eigenvalue weighted by Crippen LogP contribution is -2.31. The van der Waals surface area contributed by atoms with Gasteiger partial charge in [-0.25, -0.2) is 4.79 Å². The normalized spacial score (nSPS) is 16.4. The van der Waals surface area contributed by atoms with Crippen LogP contribution >= 0.6 is 11.3 Å². The van der Waals surface area contributed by atoms with Crippen LogP contribution in [0.3, 0.4) is 0 Å². The van der Waals surface area contributed by atoms with Gasteiger partial charge < -0.3 is 20.5 Å². The predicted octanol–water partition coefficient (Wildman–Crippen LogP) is 3.67. The number of carbonyl (C=O) groups is 4. The number of rotatable bonds is 7. The van der Waals surface area contributed by atoms with E-state index in [1.54, 1.807) is 13.8 Å². The van der Waals surface area contributed by atoms with Crippen molar-refractivity contribution in [2.45, 2.75) is 51.9 Å². The van der Waals surface area contributed by atoms with Crippen LogP contribution in [0.2, 0.25) is 0 Å². The Morgan fingerprint density at radius 2 is 1.88 bits per heavy atom. The summed E-state index contributed by atoms with van der Waals surface area (Å²) in [6, 6.07) is 7.79. The molecule has 8 nitrogen and oxygen atoms in total. The highest BCUT2D eigenvalue weighted by molar-refractivity contribution is 7.18. The van der Waals surface area contributed by atoms with Crippen LogP contribution in [0.25, 0.3) is 0 Å². The monoisotopic (exact) mass is 472 g/mol. The number of fused-ring (bicyclic) bond motifs is 1. The van der Waals surface area contributed by atoms with Crippen LogP contribution in [0.1, 0.15) is 76.3 Å². The molecule has 3 rings (SSSR count). The molecule has 0 spiro atoms. The van der Waals surface area contributed by atoms with E-state index in [9.17, 15) is 19.2 Å². The van der Waals surface area contributed by atoms with Crippen molar-refractivity contribution in [2.24, 2.45) is 5.73 Å². The van der Waals surface area contributed by atoms with Gasteiger partial charge in [-0.15, -0.1) is 11.3 Å². The second-order valence-corrected chi connectivity index (χ2v) is 9.58. The van der Waals surface area contributed by atoms with Crippen molar-refractivity contribution in [1.82, 2.24) is 0 Å². The largest absolute Gasteiger partial charge is 0.462 e. The SMILES string of the molecule is CCOC(=O)c1c(NC(=O)COC(=O)C2CCC(C)(C)c3ccccc32)sc(C(N)=O)c1C. The molecular weight excluding hydrogens is 444 g/mol. The topological polar surface area (TPSA) is 125 Å². The first-order valence-corrected chi connectivity index (χ1v) is 11.5. The maximum absolute atomic E-state index is 12.8. The van der Waals surface area contributed by atoms with Crippen LogP contribution in [0.4, 0.5) is 5.00 Å². The predicted molar refractivity (Wildman–Crippen MR) is 125 cm³/mol. The quantitative estimate of drug-likeness (QED) is 0.593. The summed E-state index contributed by atoms with van der Waals surface area (Å²) in [6.07, 6.45) is 1.45. The van der Waals surface area contributed by atoms with Crippen molar-refractivity contribution < 1.29 is 28.7 Å². The number of hydrogen-bond donors (Lipinski definition) is 2. The van der Waals surface area contributed by atoms with Gasteiger partial charge in [0.15, 0.2) is 6.61 Å². The Morgan fingerprint density at radius 3 is 2.55 bits per heavy atom. The van der Waals surface area contributed by atoms with Gasteiger partial charge in [-0.2, -0.15) is 0 Å². The van der Waals surface area contributed by atoms with E-state index in [1.165, 1.54) is 0 Å². The number of thiophene rings is 1. The number of nitrogens with two attached hydrogens (primary N) is 1. The van der Waals surface area contributed by atoms with Gasteiger partial charge in [0.25, 0.3) is 11.8 Å². The minimum absolute atomic E-state index is 0.0383. The van der Waals surface area contributed by atoms with E-state index < -0.39 is 36.3 Å². The molecule has 1 heterocycles. The van der Waals surface area contributed by atoms with Gasteiger partial charge in [0, 0.05) is 0 Å². The number of ether oxygens (including phenoxy) is 2. The van der Waals surface area contributed by atoms with Gasteiger partial charge in [-0.1, -0.05) is 38.1 Å². The average Bonchev–Trinajstić information content (AvgIpc) is 3.08. The number of esters is 2. The standard InChI is InChI=1S/C24H28N2O6S/c1-5-31-23(30)18-13(2)19(20(25)28)33-21(18)26-17(27)12-32-22(29)15-10-11-24(3,4)16-9-7-6-8-14(15)16/h6-9,15H,5,10-12H2,1-4H3,(H2,25,28)(H,26,27). The molecular formula is C24H28N2O6S. The van der Waals surface area contributed by atoms with Gasteiger partial charge in [-0.3, -0.25) is 14.4 Å². The molecule has 0 fully saturated rings. The summed E-state index contributed by atoms with van der Waals surface area (Å²) in [5.41, 5.74) is 7.77. The van der Waals surface area contributed by atoms with Crippen LogP contribution < -0.4 is 11.1 Å². The molecule has 33 heavy (non-hydrogen) atoms. The first kappa shape index (κ1) is 24.4. The summed E-state index contributed by atoms with van der Waals surface area (Å²) in [5, 5.41) is 2.68. The first-order chi connectivity index (χ1) is 15.6. The second kappa shape index (κ2) is 9.74. The molecule has 9 heteroatoms. The number of anilines is 1. The average molecular weight is 473 g/mol. The summed E-state index contributed by atoms with van der Waals surface area (Å²) < 4.78 is 10.3. The fourth-order valence-electron chi connectivity index (χ4n) is 4.14. The Kier molecular flexibility index (Phi) is 7.22. The van der Waals surface area contributed by atoms with E-state index in [0.29, 0.717) is 12.0 Å². The van der Waals surface area contributed by atoms with Crippen LogP contribution in [0.15, 0.2) is 24.3 Å². The van der Waals surface area contributed by atoms with E-state index in [1.807, 2.05) is 24.3 Å². The van der Waals surface area contributed by atoms with E-state index in [2.05, 4.69) is 19.2 Å². The molecule has 1 unspecified atom stereocenters. The van der Waals surface area contributed by atoms with Crippen molar-refractivity contribution in [3.63, 3.8) is 0 Å². The molecule has 176 valence electrons. The fourth-order valence-corrected chi connectivity index (χ4v) is 5.21. The molecule has 1 aliphatic carbocycles. The van der Waals surface area contributed by atoms with Gasteiger partial charge in [0.05, 0.1) is 23.0 Å². The van der Waals surface area contributed by atoms with Crippen molar-refractivity contribution in [3.05, 3.63) is 51.4 Å². The molecule has 1 aromatic heterocycles. The lowest BCUT2D eigenvalue weighted by molar-refractivity contribution is -0.149. The van der Waals surface area contributed by atoms with Crippen molar-refractivity contribution in [1.29, 1.82) is 0 Å². The maximum Gasteiger partial charge on any atom is 0.341 e. The van der Waals surface area contributed by atoms with E-state index in [-0.39, 0.29) is 27.5 Å². The molecule has 0 saturated heterocycles. The number of hydrogen-bond acceptors (Lipinski definition) is 7. The molecule has 0 aliphatic heterocycles. The summed E-state index contributed by atoms with van der Waals surface area (Å²) in [7, 11) is 0. The molecule has 0 radical (unpaired) electrons.